The Morgan fingerprint density at radius 1 is 0.649 bits per heavy atom. The smallest absolute Gasteiger partial charge is 0.190 e. The van der Waals surface area contributed by atoms with E-state index in [-0.39, 0.29) is 18.0 Å². The Kier molecular flexibility index (Phi) is 4.97. The van der Waals surface area contributed by atoms with Crippen LogP contribution in [0.4, 0.5) is 0 Å². The van der Waals surface area contributed by atoms with Gasteiger partial charge >= 0.3 is 0 Å². The first-order valence-corrected chi connectivity index (χ1v) is 13.1. The maximum Gasteiger partial charge on any atom is 0.213 e. The molecule has 37 heavy (non-hydrogen) atoms. The molecule has 2 nitrogen and oxygen atoms in total. The molecular formula is C35H30N2+2. The van der Waals surface area contributed by atoms with Crippen LogP contribution in [0.1, 0.15) is 40.3 Å². The van der Waals surface area contributed by atoms with Crippen molar-refractivity contribution in [2.24, 2.45) is 0 Å². The molecule has 0 aliphatic carbocycles. The van der Waals surface area contributed by atoms with Gasteiger partial charge < -0.3 is 0 Å². The van der Waals surface area contributed by atoms with Crippen LogP contribution >= 0.6 is 0 Å². The third-order valence-corrected chi connectivity index (χ3v) is 8.26. The Balaban J connectivity index is 1.50. The second-order valence-electron chi connectivity index (χ2n) is 10.4. The van der Waals surface area contributed by atoms with Crippen molar-refractivity contribution in [1.29, 1.82) is 0 Å². The summed E-state index contributed by atoms with van der Waals surface area (Å²) in [7, 11) is 0. The highest BCUT2D eigenvalue weighted by Gasteiger charge is 2.51. The molecular weight excluding hydrogens is 448 g/mol. The van der Waals surface area contributed by atoms with E-state index in [1.807, 2.05) is 0 Å². The van der Waals surface area contributed by atoms with Gasteiger partial charge in [0.25, 0.3) is 0 Å². The van der Waals surface area contributed by atoms with Gasteiger partial charge in [0.15, 0.2) is 24.5 Å². The van der Waals surface area contributed by atoms with Crippen LogP contribution in [0.15, 0.2) is 122 Å². The van der Waals surface area contributed by atoms with Crippen molar-refractivity contribution >= 4 is 0 Å². The minimum absolute atomic E-state index is 0.102. The summed E-state index contributed by atoms with van der Waals surface area (Å²) in [5, 5.41) is 0. The number of nitrogens with zero attached hydrogens (tertiary/aromatic N) is 2. The number of allylic oxidation sites excluding steroid dienone is 1. The number of fused-ring (bicyclic) bond motifs is 6. The van der Waals surface area contributed by atoms with Gasteiger partial charge in [-0.3, -0.25) is 0 Å². The predicted molar refractivity (Wildman–Crippen MR) is 149 cm³/mol. The van der Waals surface area contributed by atoms with Crippen LogP contribution in [0.3, 0.4) is 0 Å². The second-order valence-corrected chi connectivity index (χ2v) is 10.4. The molecule has 3 unspecified atom stereocenters. The lowest BCUT2D eigenvalue weighted by Crippen LogP contribution is -2.52. The molecule has 2 aliphatic heterocycles. The normalized spacial score (nSPS) is 18.9. The maximum atomic E-state index is 4.40. The lowest BCUT2D eigenvalue weighted by molar-refractivity contribution is -0.739. The zero-order valence-electron chi connectivity index (χ0n) is 21.3. The standard InChI is InChI=1S/C35H30N2/c1-4-31-34(35-29-17-11-9-15-27(29)32-19-18-23(2)21-37(32)35)28-16-10-8-14-26(28)33-20-24(3)30(22-36(31)33)25-12-6-5-7-13-25/h4-22,31,34-35H,1H2,2-3H3/q+2. The summed E-state index contributed by atoms with van der Waals surface area (Å²) >= 11 is 0. The van der Waals surface area contributed by atoms with Gasteiger partial charge in [0.2, 0.25) is 11.4 Å². The van der Waals surface area contributed by atoms with Crippen LogP contribution in [-0.4, -0.2) is 0 Å². The summed E-state index contributed by atoms with van der Waals surface area (Å²) in [5.74, 6) is 0.201. The Hall–Kier alpha value is -4.30. The van der Waals surface area contributed by atoms with E-state index in [4.69, 9.17) is 0 Å². The van der Waals surface area contributed by atoms with E-state index in [1.165, 1.54) is 55.9 Å². The Morgan fingerprint density at radius 3 is 2.08 bits per heavy atom. The number of rotatable bonds is 3. The topological polar surface area (TPSA) is 7.76 Å². The van der Waals surface area contributed by atoms with Crippen LogP contribution in [-0.2, 0) is 0 Å². The minimum Gasteiger partial charge on any atom is -0.190 e. The average Bonchev–Trinajstić information content (AvgIpc) is 3.25. The largest absolute Gasteiger partial charge is 0.213 e. The monoisotopic (exact) mass is 478 g/mol. The molecule has 3 atom stereocenters. The quantitative estimate of drug-likeness (QED) is 0.190. The summed E-state index contributed by atoms with van der Waals surface area (Å²) in [6.45, 7) is 8.81. The van der Waals surface area contributed by atoms with Crippen molar-refractivity contribution in [2.45, 2.75) is 31.8 Å². The second kappa shape index (κ2) is 8.38. The molecule has 0 radical (unpaired) electrons. The minimum atomic E-state index is 0.102. The number of hydrogen-bond acceptors (Lipinski definition) is 0. The molecule has 0 bridgehead atoms. The van der Waals surface area contributed by atoms with E-state index in [0.717, 1.165) is 0 Å². The predicted octanol–water partition coefficient (Wildman–Crippen LogP) is 7.31. The SMILES string of the molecule is C=CC1C(C2c3ccccc3-c3ccc(C)c[n+]32)c2ccccc2-c2cc(C)c(-c3ccccc3)c[n+]21. The van der Waals surface area contributed by atoms with Gasteiger partial charge in [-0.05, 0) is 54.8 Å². The highest BCUT2D eigenvalue weighted by Crippen LogP contribution is 2.49. The van der Waals surface area contributed by atoms with Crippen LogP contribution < -0.4 is 9.13 Å². The van der Waals surface area contributed by atoms with E-state index in [0.29, 0.717) is 0 Å². The molecule has 0 spiro atoms. The van der Waals surface area contributed by atoms with Gasteiger partial charge in [-0.15, -0.1) is 0 Å². The molecule has 0 fully saturated rings. The lowest BCUT2D eigenvalue weighted by atomic mass is 9.76. The fraction of sp³-hybridized carbons (Fsp3) is 0.143. The molecule has 0 N–H and O–H groups in total. The molecule has 4 heterocycles. The van der Waals surface area contributed by atoms with E-state index < -0.39 is 0 Å². The zero-order valence-corrected chi connectivity index (χ0v) is 21.3. The van der Waals surface area contributed by atoms with Gasteiger partial charge in [-0.2, -0.15) is 9.13 Å². The van der Waals surface area contributed by atoms with Crippen LogP contribution in [0.25, 0.3) is 33.6 Å². The highest BCUT2D eigenvalue weighted by molar-refractivity contribution is 5.72. The number of aryl methyl sites for hydroxylation is 2. The highest BCUT2D eigenvalue weighted by atomic mass is 15.1. The Morgan fingerprint density at radius 2 is 1.32 bits per heavy atom. The summed E-state index contributed by atoms with van der Waals surface area (Å²) in [6, 6.07) is 35.8. The molecule has 2 aliphatic rings. The zero-order chi connectivity index (χ0) is 25.1. The van der Waals surface area contributed by atoms with Gasteiger partial charge in [0, 0.05) is 28.8 Å². The lowest BCUT2D eigenvalue weighted by Gasteiger charge is -2.31. The number of hydrogen-bond donors (Lipinski definition) is 0. The fourth-order valence-corrected chi connectivity index (χ4v) is 6.64. The van der Waals surface area contributed by atoms with Crippen molar-refractivity contribution in [1.82, 2.24) is 0 Å². The molecule has 178 valence electrons. The van der Waals surface area contributed by atoms with Crippen molar-refractivity contribution in [3.63, 3.8) is 0 Å². The number of benzene rings is 3. The van der Waals surface area contributed by atoms with Crippen LogP contribution in [0.2, 0.25) is 0 Å². The van der Waals surface area contributed by atoms with Crippen molar-refractivity contribution in [3.05, 3.63) is 144 Å². The summed E-state index contributed by atoms with van der Waals surface area (Å²) in [5.41, 5.74) is 13.0. The first-order chi connectivity index (χ1) is 18.2. The molecule has 0 saturated heterocycles. The van der Waals surface area contributed by atoms with Gasteiger partial charge in [-0.1, -0.05) is 73.3 Å². The first-order valence-electron chi connectivity index (χ1n) is 13.1. The Bertz CT molecular complexity index is 1680. The summed E-state index contributed by atoms with van der Waals surface area (Å²) < 4.78 is 4.99. The molecule has 5 aromatic rings. The van der Waals surface area contributed by atoms with E-state index in [9.17, 15) is 0 Å². The maximum absolute atomic E-state index is 4.40. The third-order valence-electron chi connectivity index (χ3n) is 8.26. The van der Waals surface area contributed by atoms with E-state index >= 15 is 0 Å². The van der Waals surface area contributed by atoms with Crippen molar-refractivity contribution < 1.29 is 9.13 Å². The molecule has 0 amide bonds. The fourth-order valence-electron chi connectivity index (χ4n) is 6.64. The van der Waals surface area contributed by atoms with Gasteiger partial charge in [0.1, 0.15) is 5.92 Å². The number of pyridine rings is 2. The van der Waals surface area contributed by atoms with Crippen molar-refractivity contribution in [2.75, 3.05) is 0 Å². The molecule has 3 aromatic carbocycles. The first kappa shape index (κ1) is 21.9. The Labute approximate surface area is 218 Å². The summed E-state index contributed by atoms with van der Waals surface area (Å²) in [4.78, 5) is 0. The third kappa shape index (κ3) is 3.25. The molecule has 2 heteroatoms. The van der Waals surface area contributed by atoms with Gasteiger partial charge in [-0.25, -0.2) is 0 Å². The summed E-state index contributed by atoms with van der Waals surface area (Å²) in [6.07, 6.45) is 6.84. The van der Waals surface area contributed by atoms with E-state index in [2.05, 4.69) is 145 Å². The van der Waals surface area contributed by atoms with E-state index in [1.54, 1.807) is 0 Å². The molecule has 2 aromatic heterocycles. The average molecular weight is 479 g/mol. The number of aromatic nitrogens is 2. The molecule has 7 rings (SSSR count). The molecule has 0 saturated carbocycles. The van der Waals surface area contributed by atoms with Crippen LogP contribution in [0, 0.1) is 13.8 Å². The van der Waals surface area contributed by atoms with Gasteiger partial charge in [0.05, 0.1) is 11.1 Å². The van der Waals surface area contributed by atoms with Crippen molar-refractivity contribution in [3.8, 4) is 33.6 Å². The van der Waals surface area contributed by atoms with Crippen LogP contribution in [0.5, 0.6) is 0 Å².